The summed E-state index contributed by atoms with van der Waals surface area (Å²) in [5.41, 5.74) is 2.40. The zero-order valence-corrected chi connectivity index (χ0v) is 21.5. The molecule has 194 valence electrons. The number of ether oxygens (including phenoxy) is 2. The van der Waals surface area contributed by atoms with Crippen molar-refractivity contribution in [2.75, 3.05) is 32.8 Å². The van der Waals surface area contributed by atoms with Gasteiger partial charge in [0.05, 0.1) is 13.0 Å². The van der Waals surface area contributed by atoms with Crippen molar-refractivity contribution in [2.45, 2.75) is 52.5 Å². The van der Waals surface area contributed by atoms with E-state index in [1.165, 1.54) is 31.4 Å². The standard InChI is InChI=1S/C29H38FN3O3/c1-3-26(20-29(34)32-22-23-9-8-10-25(30)19-23)31-14-13-24-11-12-27(35-4-2)21-28(24)36-18-17-33-15-6-5-7-16-33/h8-14,19,21H,3-7,15-18,20,22H2,1-2H3,(H,32,34)/b14-13+,31-26?. The molecule has 1 saturated heterocycles. The first-order valence-corrected chi connectivity index (χ1v) is 12.9. The average Bonchev–Trinajstić information content (AvgIpc) is 2.89. The number of aliphatic imine (C=N–C) groups is 1. The number of hydrogen-bond donors (Lipinski definition) is 1. The summed E-state index contributed by atoms with van der Waals surface area (Å²) in [6, 6.07) is 12.0. The van der Waals surface area contributed by atoms with E-state index in [1.807, 2.05) is 38.1 Å². The number of rotatable bonds is 13. The molecule has 0 aliphatic carbocycles. The van der Waals surface area contributed by atoms with Gasteiger partial charge >= 0.3 is 0 Å². The first-order chi connectivity index (χ1) is 17.6. The molecule has 0 unspecified atom stereocenters. The summed E-state index contributed by atoms with van der Waals surface area (Å²) >= 11 is 0. The van der Waals surface area contributed by atoms with Crippen LogP contribution in [0.15, 0.2) is 53.7 Å². The van der Waals surface area contributed by atoms with E-state index < -0.39 is 0 Å². The minimum absolute atomic E-state index is 0.143. The van der Waals surface area contributed by atoms with Crippen LogP contribution < -0.4 is 14.8 Å². The topological polar surface area (TPSA) is 63.2 Å². The Kier molecular flexibility index (Phi) is 11.4. The fraction of sp³-hybridized carbons (Fsp3) is 0.448. The maximum absolute atomic E-state index is 13.3. The Morgan fingerprint density at radius 2 is 1.94 bits per heavy atom. The summed E-state index contributed by atoms with van der Waals surface area (Å²) in [6.07, 6.45) is 8.29. The van der Waals surface area contributed by atoms with Crippen molar-refractivity contribution in [3.63, 3.8) is 0 Å². The van der Waals surface area contributed by atoms with E-state index in [-0.39, 0.29) is 24.7 Å². The number of piperidine rings is 1. The number of nitrogens with one attached hydrogen (secondary N) is 1. The van der Waals surface area contributed by atoms with Gasteiger partial charge in [0, 0.05) is 36.6 Å². The van der Waals surface area contributed by atoms with Crippen LogP contribution in [0.3, 0.4) is 0 Å². The van der Waals surface area contributed by atoms with Crippen LogP contribution >= 0.6 is 0 Å². The summed E-state index contributed by atoms with van der Waals surface area (Å²) in [5, 5.41) is 2.83. The molecule has 36 heavy (non-hydrogen) atoms. The van der Waals surface area contributed by atoms with Gasteiger partial charge in [-0.2, -0.15) is 0 Å². The molecule has 0 bridgehead atoms. The molecular formula is C29H38FN3O3. The summed E-state index contributed by atoms with van der Waals surface area (Å²) < 4.78 is 25.1. The van der Waals surface area contributed by atoms with Crippen molar-refractivity contribution in [2.24, 2.45) is 4.99 Å². The van der Waals surface area contributed by atoms with Crippen LogP contribution in [0.4, 0.5) is 4.39 Å². The molecule has 1 heterocycles. The SMILES string of the molecule is CCOc1ccc(/C=C/N=C(CC)CC(=O)NCc2cccc(F)c2)c(OCCN2CCCCC2)c1. The Balaban J connectivity index is 1.58. The molecule has 1 amide bonds. The molecular weight excluding hydrogens is 457 g/mol. The lowest BCUT2D eigenvalue weighted by Crippen LogP contribution is -2.33. The highest BCUT2D eigenvalue weighted by Gasteiger charge is 2.11. The number of nitrogens with zero attached hydrogens (tertiary/aromatic N) is 2. The van der Waals surface area contributed by atoms with Gasteiger partial charge in [-0.1, -0.05) is 25.5 Å². The lowest BCUT2D eigenvalue weighted by Gasteiger charge is -2.26. The van der Waals surface area contributed by atoms with E-state index in [4.69, 9.17) is 9.47 Å². The molecule has 0 saturated carbocycles. The van der Waals surface area contributed by atoms with Gasteiger partial charge in [-0.25, -0.2) is 4.39 Å². The first kappa shape index (κ1) is 27.4. The lowest BCUT2D eigenvalue weighted by atomic mass is 10.1. The third kappa shape index (κ3) is 9.46. The van der Waals surface area contributed by atoms with Gasteiger partial charge in [0.15, 0.2) is 0 Å². The van der Waals surface area contributed by atoms with Gasteiger partial charge < -0.3 is 14.8 Å². The van der Waals surface area contributed by atoms with E-state index in [0.717, 1.165) is 48.0 Å². The van der Waals surface area contributed by atoms with Crippen LogP contribution in [0.5, 0.6) is 11.5 Å². The molecule has 1 N–H and O–H groups in total. The molecule has 3 rings (SSSR count). The van der Waals surface area contributed by atoms with Crippen molar-refractivity contribution in [3.8, 4) is 11.5 Å². The molecule has 1 aliphatic heterocycles. The zero-order valence-electron chi connectivity index (χ0n) is 21.5. The van der Waals surface area contributed by atoms with Crippen molar-refractivity contribution < 1.29 is 18.7 Å². The highest BCUT2D eigenvalue weighted by molar-refractivity contribution is 6.01. The highest BCUT2D eigenvalue weighted by atomic mass is 19.1. The highest BCUT2D eigenvalue weighted by Crippen LogP contribution is 2.26. The Bertz CT molecular complexity index is 1030. The fourth-order valence-corrected chi connectivity index (χ4v) is 4.08. The van der Waals surface area contributed by atoms with Crippen LogP contribution in [0.1, 0.15) is 57.1 Å². The summed E-state index contributed by atoms with van der Waals surface area (Å²) in [6.45, 7) is 8.61. The monoisotopic (exact) mass is 495 g/mol. The van der Waals surface area contributed by atoms with Crippen LogP contribution in [0.2, 0.25) is 0 Å². The fourth-order valence-electron chi connectivity index (χ4n) is 4.08. The van der Waals surface area contributed by atoms with Gasteiger partial charge in [0.2, 0.25) is 5.91 Å². The number of carbonyl (C=O) groups is 1. The minimum Gasteiger partial charge on any atom is -0.494 e. The Morgan fingerprint density at radius 3 is 2.69 bits per heavy atom. The summed E-state index contributed by atoms with van der Waals surface area (Å²) in [7, 11) is 0. The maximum atomic E-state index is 13.3. The van der Waals surface area contributed by atoms with Gasteiger partial charge in [-0.05, 0) is 75.2 Å². The van der Waals surface area contributed by atoms with Gasteiger partial charge in [0.25, 0.3) is 0 Å². The second kappa shape index (κ2) is 15.0. The number of amides is 1. The predicted octanol–water partition coefficient (Wildman–Crippen LogP) is 5.62. The molecule has 1 aliphatic rings. The molecule has 6 nitrogen and oxygen atoms in total. The molecule has 0 aromatic heterocycles. The number of hydrogen-bond acceptors (Lipinski definition) is 5. The molecule has 0 spiro atoms. The van der Waals surface area contributed by atoms with Crippen molar-refractivity contribution >= 4 is 17.7 Å². The van der Waals surface area contributed by atoms with E-state index in [2.05, 4.69) is 15.2 Å². The molecule has 0 radical (unpaired) electrons. The average molecular weight is 496 g/mol. The van der Waals surface area contributed by atoms with Crippen molar-refractivity contribution in [1.29, 1.82) is 0 Å². The molecule has 2 aromatic rings. The van der Waals surface area contributed by atoms with E-state index in [9.17, 15) is 9.18 Å². The summed E-state index contributed by atoms with van der Waals surface area (Å²) in [4.78, 5) is 19.3. The van der Waals surface area contributed by atoms with Crippen LogP contribution in [-0.4, -0.2) is 49.4 Å². The minimum atomic E-state index is -0.313. The van der Waals surface area contributed by atoms with Gasteiger partial charge in [0.1, 0.15) is 23.9 Å². The Labute approximate surface area is 214 Å². The van der Waals surface area contributed by atoms with E-state index in [0.29, 0.717) is 19.6 Å². The van der Waals surface area contributed by atoms with Gasteiger partial charge in [-0.15, -0.1) is 0 Å². The third-order valence-electron chi connectivity index (χ3n) is 6.07. The molecule has 0 atom stereocenters. The van der Waals surface area contributed by atoms with Crippen LogP contribution in [0, 0.1) is 5.82 Å². The van der Waals surface area contributed by atoms with Crippen LogP contribution in [0.25, 0.3) is 6.08 Å². The first-order valence-electron chi connectivity index (χ1n) is 12.9. The molecule has 7 heteroatoms. The molecule has 1 fully saturated rings. The van der Waals surface area contributed by atoms with Crippen molar-refractivity contribution in [1.82, 2.24) is 10.2 Å². The van der Waals surface area contributed by atoms with Crippen LogP contribution in [-0.2, 0) is 11.3 Å². The number of carbonyl (C=O) groups excluding carboxylic acids is 1. The smallest absolute Gasteiger partial charge is 0.225 e. The second-order valence-electron chi connectivity index (χ2n) is 8.83. The number of likely N-dealkylation sites (tertiary alicyclic amines) is 1. The normalized spacial score (nSPS) is 14.7. The molecule has 2 aromatic carbocycles. The van der Waals surface area contributed by atoms with E-state index >= 15 is 0 Å². The Hall–Kier alpha value is -3.19. The number of halogens is 1. The largest absolute Gasteiger partial charge is 0.494 e. The number of benzene rings is 2. The quantitative estimate of drug-likeness (QED) is 0.367. The zero-order chi connectivity index (χ0) is 25.6. The third-order valence-corrected chi connectivity index (χ3v) is 6.07. The van der Waals surface area contributed by atoms with Crippen molar-refractivity contribution in [3.05, 3.63) is 65.6 Å². The predicted molar refractivity (Wildman–Crippen MR) is 143 cm³/mol. The Morgan fingerprint density at radius 1 is 1.11 bits per heavy atom. The second-order valence-corrected chi connectivity index (χ2v) is 8.83. The summed E-state index contributed by atoms with van der Waals surface area (Å²) in [5.74, 6) is 1.08. The maximum Gasteiger partial charge on any atom is 0.225 e. The van der Waals surface area contributed by atoms with Gasteiger partial charge in [-0.3, -0.25) is 14.7 Å². The van der Waals surface area contributed by atoms with E-state index in [1.54, 1.807) is 18.3 Å². The lowest BCUT2D eigenvalue weighted by molar-refractivity contribution is -0.120.